The molecule has 0 atom stereocenters. The number of rotatable bonds is 10. The van der Waals surface area contributed by atoms with E-state index < -0.39 is 57.4 Å². The second-order valence-corrected chi connectivity index (χ2v) is 21.3. The molecule has 8 nitrogen and oxygen atoms in total. The van der Waals surface area contributed by atoms with Crippen LogP contribution in [0.25, 0.3) is 55.2 Å². The molecule has 8 aromatic rings. The molecule has 1 aliphatic rings. The fourth-order valence-corrected chi connectivity index (χ4v) is 9.84. The number of hydrogen-bond acceptors (Lipinski definition) is 7. The number of hydrogen-bond donors (Lipinski definition) is 2. The summed E-state index contributed by atoms with van der Waals surface area (Å²) in [6.45, 7) is 12.6. The molecular weight excluding hydrogens is 951 g/mol. The zero-order valence-corrected chi connectivity index (χ0v) is 41.4. The number of sulfonamides is 1. The predicted octanol–water partition coefficient (Wildman–Crippen LogP) is 12.8. The molecule has 9 rings (SSSR count). The second-order valence-electron chi connectivity index (χ2n) is 19.5. The average molecular weight is 1000 g/mol. The summed E-state index contributed by atoms with van der Waals surface area (Å²) < 4.78 is 123. The van der Waals surface area contributed by atoms with Gasteiger partial charge in [-0.05, 0) is 141 Å². The minimum Gasteiger partial charge on any atom is -0.399 e. The van der Waals surface area contributed by atoms with Crippen molar-refractivity contribution in [2.24, 2.45) is 0 Å². The Morgan fingerprint density at radius 3 is 1.69 bits per heavy atom. The number of benzene rings is 6. The number of pyridine rings is 2. The van der Waals surface area contributed by atoms with Gasteiger partial charge in [-0.25, -0.2) is 13.1 Å². The Morgan fingerprint density at radius 2 is 1.11 bits per heavy atom. The maximum Gasteiger partial charge on any atom is 0.494 e. The number of nitrogens with zero attached hydrogens (tertiary/aromatic N) is 2. The van der Waals surface area contributed by atoms with Gasteiger partial charge in [-0.3, -0.25) is 9.97 Å². The maximum atomic E-state index is 13.9. The van der Waals surface area contributed by atoms with Crippen molar-refractivity contribution in [3.8, 4) is 33.4 Å². The van der Waals surface area contributed by atoms with Crippen LogP contribution in [0.3, 0.4) is 0 Å². The molecule has 0 unspecified atom stereocenters. The minimum absolute atomic E-state index is 0.0311. The van der Waals surface area contributed by atoms with Crippen LogP contribution in [-0.4, -0.2) is 54.0 Å². The quantitative estimate of drug-likeness (QED) is 0.104. The molecule has 372 valence electrons. The van der Waals surface area contributed by atoms with Crippen molar-refractivity contribution in [3.63, 3.8) is 0 Å². The summed E-state index contributed by atoms with van der Waals surface area (Å²) in [6.07, 6.45) is -5.58. The summed E-state index contributed by atoms with van der Waals surface area (Å²) >= 11 is 0. The lowest BCUT2D eigenvalue weighted by Gasteiger charge is -2.32. The minimum atomic E-state index is -4.57. The van der Waals surface area contributed by atoms with Gasteiger partial charge in [0, 0.05) is 29.7 Å². The van der Waals surface area contributed by atoms with E-state index in [9.17, 15) is 39.9 Å². The molecule has 1 saturated heterocycles. The zero-order valence-electron chi connectivity index (χ0n) is 40.6. The first-order valence-corrected chi connectivity index (χ1v) is 24.6. The molecule has 6 aromatic carbocycles. The Morgan fingerprint density at radius 1 is 0.611 bits per heavy atom. The first kappa shape index (κ1) is 51.9. The van der Waals surface area contributed by atoms with Crippen molar-refractivity contribution in [2.75, 3.05) is 6.54 Å². The Labute approximate surface area is 415 Å². The number of alkyl halides is 6. The van der Waals surface area contributed by atoms with E-state index >= 15 is 0 Å². The van der Waals surface area contributed by atoms with Crippen molar-refractivity contribution >= 4 is 44.4 Å². The van der Waals surface area contributed by atoms with Gasteiger partial charge in [-0.2, -0.15) is 26.3 Å². The van der Waals surface area contributed by atoms with Crippen LogP contribution in [0.2, 0.25) is 0 Å². The highest BCUT2D eigenvalue weighted by Gasteiger charge is 2.51. The van der Waals surface area contributed by atoms with Crippen LogP contribution in [0, 0.1) is 6.92 Å². The molecule has 72 heavy (non-hydrogen) atoms. The summed E-state index contributed by atoms with van der Waals surface area (Å²) in [5, 5.41) is 10.8. The Balaban J connectivity index is 0.000000204. The summed E-state index contributed by atoms with van der Waals surface area (Å²) in [5.74, 6) is 0. The number of aryl methyl sites for hydroxylation is 1. The molecule has 0 radical (unpaired) electrons. The lowest BCUT2D eigenvalue weighted by atomic mass is 9.77. The van der Waals surface area contributed by atoms with Gasteiger partial charge in [0.1, 0.15) is 0 Å². The van der Waals surface area contributed by atoms with Crippen molar-refractivity contribution in [1.29, 1.82) is 0 Å². The molecule has 0 amide bonds. The van der Waals surface area contributed by atoms with Crippen LogP contribution in [0.15, 0.2) is 157 Å². The third-order valence-corrected chi connectivity index (χ3v) is 14.3. The van der Waals surface area contributed by atoms with Gasteiger partial charge in [0.15, 0.2) is 0 Å². The first-order valence-electron chi connectivity index (χ1n) is 23.1. The van der Waals surface area contributed by atoms with E-state index in [0.29, 0.717) is 39.4 Å². The van der Waals surface area contributed by atoms with E-state index in [1.54, 1.807) is 30.3 Å². The van der Waals surface area contributed by atoms with E-state index in [1.807, 2.05) is 107 Å². The van der Waals surface area contributed by atoms with Crippen LogP contribution < -0.4 is 10.2 Å². The Bertz CT molecular complexity index is 3400. The normalized spacial score (nSPS) is 14.9. The lowest BCUT2D eigenvalue weighted by Crippen LogP contribution is -2.41. The van der Waals surface area contributed by atoms with Crippen LogP contribution in [-0.2, 0) is 38.1 Å². The third kappa shape index (κ3) is 11.1. The third-order valence-electron chi connectivity index (χ3n) is 12.9. The first-order chi connectivity index (χ1) is 33.7. The van der Waals surface area contributed by atoms with Crippen LogP contribution >= 0.6 is 0 Å². The SMILES string of the molecule is CC(C)(O)CNS(=O)(=O)c1cccc(-c2cccc(-c3c(Cc4ccccc4)cnc4c(C(F)(F)F)cccc34)c2)c1.Cc1cnc2c(C(F)(F)F)cccc2c1-c1cccc(B2OC(C)(C)C(C)(C)O2)c1. The van der Waals surface area contributed by atoms with E-state index in [-0.39, 0.29) is 22.5 Å². The van der Waals surface area contributed by atoms with Crippen molar-refractivity contribution < 1.29 is 49.2 Å². The largest absolute Gasteiger partial charge is 0.494 e. The summed E-state index contributed by atoms with van der Waals surface area (Å²) in [5.41, 5.74) is 3.60. The number of nitrogens with one attached hydrogen (secondary N) is 1. The smallest absolute Gasteiger partial charge is 0.399 e. The number of aromatic nitrogens is 2. The molecule has 1 aliphatic heterocycles. The number of halogens is 6. The van der Waals surface area contributed by atoms with E-state index in [0.717, 1.165) is 45.4 Å². The van der Waals surface area contributed by atoms with Crippen LogP contribution in [0.5, 0.6) is 0 Å². The molecule has 0 bridgehead atoms. The number of fused-ring (bicyclic) bond motifs is 2. The molecule has 3 heterocycles. The van der Waals surface area contributed by atoms with Crippen LogP contribution in [0.4, 0.5) is 26.3 Å². The molecule has 16 heteroatoms. The highest BCUT2D eigenvalue weighted by atomic mass is 32.2. The Kier molecular flexibility index (Phi) is 14.1. The highest BCUT2D eigenvalue weighted by Crippen LogP contribution is 2.42. The molecule has 2 aromatic heterocycles. The molecule has 0 saturated carbocycles. The van der Waals surface area contributed by atoms with Gasteiger partial charge in [0.2, 0.25) is 10.0 Å². The van der Waals surface area contributed by atoms with Gasteiger partial charge in [-0.1, -0.05) is 109 Å². The Hall–Kier alpha value is -6.43. The topological polar surface area (TPSA) is 111 Å². The molecule has 0 spiro atoms. The van der Waals surface area contributed by atoms with Gasteiger partial charge in [0.25, 0.3) is 0 Å². The van der Waals surface area contributed by atoms with E-state index in [2.05, 4.69) is 14.7 Å². The lowest BCUT2D eigenvalue weighted by molar-refractivity contribution is -0.137. The molecule has 0 aliphatic carbocycles. The standard InChI is InChI=1S/C33H29F3N2O3S.C23H23BF3NO2/c1-32(2,39)21-38-42(40,41)27-14-7-12-24(19-27)23-11-6-13-25(18-23)30-26(17-22-9-4-3-5-10-22)20-37-31-28(30)15-8-16-29(31)33(34,35)36;1-14-13-28-20-17(10-7-11-18(20)23(25,26)27)19(14)15-8-6-9-16(12-15)24-29-21(2,3)22(4,5)30-24/h3-16,18-20,38-39H,17,21H2,1-2H3;6-13H,1-5H3. The fraction of sp³-hybridized carbons (Fsp3) is 0.250. The monoisotopic (exact) mass is 1000 g/mol. The second kappa shape index (κ2) is 19.5. The summed E-state index contributed by atoms with van der Waals surface area (Å²) in [7, 11) is -4.45. The van der Waals surface area contributed by atoms with Gasteiger partial charge >= 0.3 is 19.5 Å². The number of para-hydroxylation sites is 2. The van der Waals surface area contributed by atoms with Gasteiger partial charge in [0.05, 0.1) is 43.9 Å². The average Bonchev–Trinajstić information content (AvgIpc) is 3.55. The summed E-state index contributed by atoms with van der Waals surface area (Å²) in [6, 6.07) is 39.1. The van der Waals surface area contributed by atoms with Crippen LogP contribution in [0.1, 0.15) is 69.4 Å². The molecular formula is C56H52BF6N3O5S. The zero-order chi connectivity index (χ0) is 52.0. The van der Waals surface area contributed by atoms with Crippen molar-refractivity contribution in [2.45, 2.75) is 88.9 Å². The predicted molar refractivity (Wildman–Crippen MR) is 271 cm³/mol. The maximum absolute atomic E-state index is 13.9. The highest BCUT2D eigenvalue weighted by molar-refractivity contribution is 7.89. The summed E-state index contributed by atoms with van der Waals surface area (Å²) in [4.78, 5) is 8.41. The van der Waals surface area contributed by atoms with E-state index in [1.165, 1.54) is 50.5 Å². The molecule has 1 fully saturated rings. The van der Waals surface area contributed by atoms with Gasteiger partial charge in [-0.15, -0.1) is 0 Å². The molecule has 2 N–H and O–H groups in total. The van der Waals surface area contributed by atoms with E-state index in [4.69, 9.17) is 9.31 Å². The fourth-order valence-electron chi connectivity index (χ4n) is 8.59. The number of aliphatic hydroxyl groups is 1. The van der Waals surface area contributed by atoms with Gasteiger partial charge < -0.3 is 14.4 Å². The van der Waals surface area contributed by atoms with Crippen molar-refractivity contribution in [3.05, 3.63) is 180 Å². The van der Waals surface area contributed by atoms with Crippen molar-refractivity contribution in [1.82, 2.24) is 14.7 Å².